The van der Waals surface area contributed by atoms with Crippen molar-refractivity contribution in [2.24, 2.45) is 0 Å². The van der Waals surface area contributed by atoms with Crippen LogP contribution in [0.2, 0.25) is 5.02 Å². The van der Waals surface area contributed by atoms with E-state index < -0.39 is 17.7 Å². The summed E-state index contributed by atoms with van der Waals surface area (Å²) in [7, 11) is 0. The van der Waals surface area contributed by atoms with Crippen molar-refractivity contribution in [1.82, 2.24) is 0 Å². The number of hydrogen-bond donors (Lipinski definition) is 1. The summed E-state index contributed by atoms with van der Waals surface area (Å²) in [5, 5.41) is 10.7. The van der Waals surface area contributed by atoms with E-state index in [0.717, 1.165) is 11.6 Å². The molecule has 0 aliphatic rings. The summed E-state index contributed by atoms with van der Waals surface area (Å²) in [4.78, 5) is 0. The smallest absolute Gasteiger partial charge is 0.173 e. The molecule has 1 N–H and O–H groups in total. The van der Waals surface area contributed by atoms with Crippen LogP contribution in [-0.2, 0) is 6.42 Å². The fourth-order valence-corrected chi connectivity index (χ4v) is 2.59. The Labute approximate surface area is 123 Å². The molecule has 0 aliphatic carbocycles. The molecule has 0 amide bonds. The van der Waals surface area contributed by atoms with Crippen molar-refractivity contribution in [3.63, 3.8) is 0 Å². The molecule has 0 saturated heterocycles. The Hall–Kier alpha value is -0.970. The number of halogens is 4. The maximum absolute atomic E-state index is 13.4. The van der Waals surface area contributed by atoms with Crippen molar-refractivity contribution < 1.29 is 13.9 Å². The lowest BCUT2D eigenvalue weighted by atomic mass is 10.0. The fourth-order valence-electron chi connectivity index (χ4n) is 1.80. The van der Waals surface area contributed by atoms with E-state index in [4.69, 9.17) is 11.6 Å². The molecule has 100 valence electrons. The average Bonchev–Trinajstić information content (AvgIpc) is 2.36. The van der Waals surface area contributed by atoms with Crippen LogP contribution in [0.15, 0.2) is 40.9 Å². The normalized spacial score (nSPS) is 12.5. The number of aliphatic hydroxyl groups excluding tert-OH is 1. The summed E-state index contributed by atoms with van der Waals surface area (Å²) in [5.74, 6) is -1.95. The Morgan fingerprint density at radius 1 is 1.21 bits per heavy atom. The molecule has 2 aromatic carbocycles. The van der Waals surface area contributed by atoms with Crippen molar-refractivity contribution in [1.29, 1.82) is 0 Å². The first-order chi connectivity index (χ1) is 8.99. The predicted molar refractivity (Wildman–Crippen MR) is 74.2 cm³/mol. The van der Waals surface area contributed by atoms with Gasteiger partial charge in [-0.2, -0.15) is 0 Å². The predicted octanol–water partition coefficient (Wildman–Crippen LogP) is 4.66. The summed E-state index contributed by atoms with van der Waals surface area (Å²) >= 11 is 8.81. The van der Waals surface area contributed by atoms with Gasteiger partial charge in [-0.15, -0.1) is 0 Å². The summed E-state index contributed by atoms with van der Waals surface area (Å²) in [6.45, 7) is 0. The standard InChI is InChI=1S/C14H10BrClF2O/c15-13-10(4-5-11(17)14(13)18)12(19)7-8-2-1-3-9(16)6-8/h1-6,12,19H,7H2. The van der Waals surface area contributed by atoms with Crippen molar-refractivity contribution in [2.75, 3.05) is 0 Å². The SMILES string of the molecule is OC(Cc1cccc(Cl)c1)c1ccc(F)c(F)c1Br. The monoisotopic (exact) mass is 346 g/mol. The zero-order valence-corrected chi connectivity index (χ0v) is 12.0. The number of aliphatic hydroxyl groups is 1. The van der Waals surface area contributed by atoms with Gasteiger partial charge in [-0.1, -0.05) is 29.8 Å². The Kier molecular flexibility index (Phi) is 4.55. The zero-order chi connectivity index (χ0) is 14.0. The summed E-state index contributed by atoms with van der Waals surface area (Å²) in [6, 6.07) is 9.38. The quantitative estimate of drug-likeness (QED) is 0.801. The van der Waals surface area contributed by atoms with Gasteiger partial charge in [0.15, 0.2) is 11.6 Å². The Morgan fingerprint density at radius 2 is 1.95 bits per heavy atom. The third-order valence-corrected chi connectivity index (χ3v) is 3.78. The summed E-state index contributed by atoms with van der Waals surface area (Å²) in [6.07, 6.45) is -0.674. The number of hydrogen-bond acceptors (Lipinski definition) is 1. The third-order valence-electron chi connectivity index (χ3n) is 2.74. The Morgan fingerprint density at radius 3 is 2.63 bits per heavy atom. The fraction of sp³-hybridized carbons (Fsp3) is 0.143. The molecule has 2 rings (SSSR count). The molecule has 0 aromatic heterocycles. The largest absolute Gasteiger partial charge is 0.388 e. The van der Waals surface area contributed by atoms with Gasteiger partial charge in [0.2, 0.25) is 0 Å². The van der Waals surface area contributed by atoms with Gasteiger partial charge >= 0.3 is 0 Å². The summed E-state index contributed by atoms with van der Waals surface area (Å²) in [5.41, 5.74) is 1.12. The molecule has 5 heteroatoms. The minimum atomic E-state index is -0.998. The highest BCUT2D eigenvalue weighted by Crippen LogP contribution is 2.30. The van der Waals surface area contributed by atoms with Crippen LogP contribution in [0.1, 0.15) is 17.2 Å². The van der Waals surface area contributed by atoms with Crippen molar-refractivity contribution in [3.05, 3.63) is 68.7 Å². The van der Waals surface area contributed by atoms with E-state index in [1.807, 2.05) is 6.07 Å². The molecule has 0 radical (unpaired) electrons. The highest BCUT2D eigenvalue weighted by atomic mass is 79.9. The van der Waals surface area contributed by atoms with Gasteiger partial charge in [0.25, 0.3) is 0 Å². The topological polar surface area (TPSA) is 20.2 Å². The van der Waals surface area contributed by atoms with Crippen LogP contribution >= 0.6 is 27.5 Å². The maximum Gasteiger partial charge on any atom is 0.173 e. The van der Waals surface area contributed by atoms with Gasteiger partial charge in [-0.25, -0.2) is 8.78 Å². The number of rotatable bonds is 3. The van der Waals surface area contributed by atoms with E-state index in [2.05, 4.69) is 15.9 Å². The highest BCUT2D eigenvalue weighted by Gasteiger charge is 2.17. The lowest BCUT2D eigenvalue weighted by Gasteiger charge is -2.14. The first kappa shape index (κ1) is 14.4. The lowest BCUT2D eigenvalue weighted by Crippen LogP contribution is -2.04. The van der Waals surface area contributed by atoms with E-state index in [1.54, 1.807) is 18.2 Å². The molecule has 2 aromatic rings. The van der Waals surface area contributed by atoms with E-state index >= 15 is 0 Å². The molecule has 1 atom stereocenters. The molecular formula is C14H10BrClF2O. The minimum absolute atomic E-state index is 0.0537. The van der Waals surface area contributed by atoms with Gasteiger partial charge in [-0.3, -0.25) is 0 Å². The molecule has 0 bridgehead atoms. The Balaban J connectivity index is 2.25. The number of benzene rings is 2. The molecule has 19 heavy (non-hydrogen) atoms. The molecule has 0 aliphatic heterocycles. The van der Waals surface area contributed by atoms with Gasteiger partial charge < -0.3 is 5.11 Å². The molecule has 0 spiro atoms. The second kappa shape index (κ2) is 5.99. The van der Waals surface area contributed by atoms with E-state index in [0.29, 0.717) is 10.6 Å². The van der Waals surface area contributed by atoms with Gasteiger partial charge in [-0.05, 0) is 45.3 Å². The van der Waals surface area contributed by atoms with E-state index in [9.17, 15) is 13.9 Å². The van der Waals surface area contributed by atoms with Crippen LogP contribution in [0.5, 0.6) is 0 Å². The Bertz CT molecular complexity index is 604. The van der Waals surface area contributed by atoms with E-state index in [-0.39, 0.29) is 10.9 Å². The minimum Gasteiger partial charge on any atom is -0.388 e. The second-order valence-corrected chi connectivity index (χ2v) is 5.34. The third kappa shape index (κ3) is 3.32. The van der Waals surface area contributed by atoms with Crippen LogP contribution in [0, 0.1) is 11.6 Å². The van der Waals surface area contributed by atoms with Gasteiger partial charge in [0.05, 0.1) is 10.6 Å². The van der Waals surface area contributed by atoms with Crippen LogP contribution in [0.3, 0.4) is 0 Å². The molecule has 1 unspecified atom stereocenters. The first-order valence-corrected chi connectivity index (χ1v) is 6.72. The van der Waals surface area contributed by atoms with Crippen molar-refractivity contribution >= 4 is 27.5 Å². The molecular weight excluding hydrogens is 338 g/mol. The molecule has 1 nitrogen and oxygen atoms in total. The average molecular weight is 348 g/mol. The van der Waals surface area contributed by atoms with Crippen molar-refractivity contribution in [2.45, 2.75) is 12.5 Å². The zero-order valence-electron chi connectivity index (χ0n) is 9.71. The van der Waals surface area contributed by atoms with Crippen LogP contribution in [0.25, 0.3) is 0 Å². The molecule has 0 heterocycles. The van der Waals surface area contributed by atoms with Gasteiger partial charge in [0.1, 0.15) is 0 Å². The van der Waals surface area contributed by atoms with Crippen LogP contribution < -0.4 is 0 Å². The van der Waals surface area contributed by atoms with Crippen LogP contribution in [0.4, 0.5) is 8.78 Å². The van der Waals surface area contributed by atoms with Gasteiger partial charge in [0, 0.05) is 11.4 Å². The lowest BCUT2D eigenvalue weighted by molar-refractivity contribution is 0.177. The maximum atomic E-state index is 13.4. The highest BCUT2D eigenvalue weighted by molar-refractivity contribution is 9.10. The second-order valence-electron chi connectivity index (χ2n) is 4.11. The van der Waals surface area contributed by atoms with Crippen LogP contribution in [-0.4, -0.2) is 5.11 Å². The molecule has 0 saturated carbocycles. The molecule has 0 fully saturated rings. The summed E-state index contributed by atoms with van der Waals surface area (Å²) < 4.78 is 26.3. The first-order valence-electron chi connectivity index (χ1n) is 5.55. The van der Waals surface area contributed by atoms with Crippen molar-refractivity contribution in [3.8, 4) is 0 Å². The van der Waals surface area contributed by atoms with E-state index in [1.165, 1.54) is 6.07 Å².